The van der Waals surface area contributed by atoms with Gasteiger partial charge >= 0.3 is 0 Å². The number of aromatic nitrogens is 3. The average Bonchev–Trinajstić information content (AvgIpc) is 3.10. The van der Waals surface area contributed by atoms with Crippen molar-refractivity contribution in [3.63, 3.8) is 0 Å². The lowest BCUT2D eigenvalue weighted by Gasteiger charge is -2.20. The fourth-order valence-corrected chi connectivity index (χ4v) is 3.19. The Kier molecular flexibility index (Phi) is 5.35. The van der Waals surface area contributed by atoms with Crippen LogP contribution in [0.4, 0.5) is 16.0 Å². The number of pyridine rings is 1. The van der Waals surface area contributed by atoms with Crippen LogP contribution in [0, 0.1) is 12.7 Å². The molecule has 3 aromatic rings. The van der Waals surface area contributed by atoms with E-state index in [-0.39, 0.29) is 11.7 Å². The van der Waals surface area contributed by atoms with Crippen molar-refractivity contribution in [3.8, 4) is 11.1 Å². The third kappa shape index (κ3) is 3.60. The molecule has 0 spiro atoms. The molecule has 0 amide bonds. The Balaban J connectivity index is 2.22. The van der Waals surface area contributed by atoms with Crippen molar-refractivity contribution >= 4 is 17.9 Å². The van der Waals surface area contributed by atoms with Crippen molar-refractivity contribution in [2.24, 2.45) is 0 Å². The number of rotatable bonds is 6. The van der Waals surface area contributed by atoms with Gasteiger partial charge in [-0.25, -0.2) is 14.1 Å². The van der Waals surface area contributed by atoms with Crippen LogP contribution >= 0.6 is 0 Å². The third-order valence-corrected chi connectivity index (χ3v) is 4.57. The van der Waals surface area contributed by atoms with Crippen molar-refractivity contribution in [2.75, 3.05) is 5.32 Å². The van der Waals surface area contributed by atoms with Gasteiger partial charge in [-0.2, -0.15) is 5.10 Å². The molecule has 3 rings (SSSR count). The summed E-state index contributed by atoms with van der Waals surface area (Å²) >= 11 is 0. The van der Waals surface area contributed by atoms with E-state index in [1.807, 2.05) is 38.4 Å². The topological polar surface area (TPSA) is 59.8 Å². The van der Waals surface area contributed by atoms with Crippen molar-refractivity contribution in [3.05, 3.63) is 59.2 Å². The molecule has 0 aliphatic rings. The summed E-state index contributed by atoms with van der Waals surface area (Å²) in [5, 5.41) is 7.61. The number of hydrogen-bond donors (Lipinski definition) is 1. The number of carbonyl (C=O) groups excluding carboxylic acids is 1. The van der Waals surface area contributed by atoms with E-state index < -0.39 is 0 Å². The predicted octanol–water partition coefficient (Wildman–Crippen LogP) is 5.09. The third-order valence-electron chi connectivity index (χ3n) is 4.57. The maximum atomic E-state index is 13.4. The second-order valence-electron chi connectivity index (χ2n) is 6.70. The zero-order valence-electron chi connectivity index (χ0n) is 16.0. The number of anilines is 2. The first kappa shape index (κ1) is 18.8. The maximum absolute atomic E-state index is 13.4. The first-order valence-corrected chi connectivity index (χ1v) is 9.00. The second-order valence-corrected chi connectivity index (χ2v) is 6.70. The largest absolute Gasteiger partial charge is 0.325 e. The van der Waals surface area contributed by atoms with E-state index in [9.17, 15) is 9.18 Å². The van der Waals surface area contributed by atoms with Crippen molar-refractivity contribution in [2.45, 2.75) is 40.2 Å². The van der Waals surface area contributed by atoms with E-state index in [1.165, 1.54) is 12.1 Å². The van der Waals surface area contributed by atoms with Crippen LogP contribution in [0.3, 0.4) is 0 Å². The van der Waals surface area contributed by atoms with Crippen molar-refractivity contribution < 1.29 is 9.18 Å². The zero-order chi connectivity index (χ0) is 19.6. The van der Waals surface area contributed by atoms with Crippen LogP contribution < -0.4 is 5.32 Å². The number of carbonyl (C=O) groups is 1. The molecule has 0 unspecified atom stereocenters. The van der Waals surface area contributed by atoms with Crippen molar-refractivity contribution in [1.29, 1.82) is 0 Å². The number of nitrogens with zero attached hydrogens (tertiary/aromatic N) is 3. The van der Waals surface area contributed by atoms with Crippen LogP contribution in [-0.2, 0) is 6.54 Å². The molecule has 0 saturated heterocycles. The average molecular weight is 366 g/mol. The van der Waals surface area contributed by atoms with E-state index in [4.69, 9.17) is 4.98 Å². The summed E-state index contributed by atoms with van der Waals surface area (Å²) in [7, 11) is 0. The van der Waals surface area contributed by atoms with E-state index in [2.05, 4.69) is 10.4 Å². The summed E-state index contributed by atoms with van der Waals surface area (Å²) < 4.78 is 15.2. The molecular weight excluding hydrogens is 343 g/mol. The molecule has 0 radical (unpaired) electrons. The lowest BCUT2D eigenvalue weighted by atomic mass is 9.91. The van der Waals surface area contributed by atoms with Gasteiger partial charge in [0.05, 0.1) is 11.9 Å². The highest BCUT2D eigenvalue weighted by atomic mass is 19.1. The van der Waals surface area contributed by atoms with Gasteiger partial charge in [-0.15, -0.1) is 0 Å². The minimum Gasteiger partial charge on any atom is -0.325 e. The molecule has 2 heterocycles. The molecule has 0 atom stereocenters. The second kappa shape index (κ2) is 7.70. The molecule has 140 valence electrons. The summed E-state index contributed by atoms with van der Waals surface area (Å²) in [6.07, 6.45) is 2.57. The normalized spacial score (nSPS) is 11.0. The van der Waals surface area contributed by atoms with Crippen LogP contribution in [-0.4, -0.2) is 21.1 Å². The number of aryl methyl sites for hydroxylation is 1. The Hall–Kier alpha value is -3.02. The molecule has 0 fully saturated rings. The van der Waals surface area contributed by atoms with Gasteiger partial charge in [0.2, 0.25) is 0 Å². The molecule has 0 aliphatic heterocycles. The van der Waals surface area contributed by atoms with Gasteiger partial charge in [-0.05, 0) is 37.5 Å². The molecule has 5 nitrogen and oxygen atoms in total. The van der Waals surface area contributed by atoms with Crippen LogP contribution in [0.2, 0.25) is 0 Å². The molecule has 0 aliphatic carbocycles. The Morgan fingerprint density at radius 2 is 1.93 bits per heavy atom. The number of hydrogen-bond acceptors (Lipinski definition) is 4. The predicted molar refractivity (Wildman–Crippen MR) is 105 cm³/mol. The van der Waals surface area contributed by atoms with Gasteiger partial charge in [-0.3, -0.25) is 4.79 Å². The summed E-state index contributed by atoms with van der Waals surface area (Å²) in [6, 6.07) is 8.06. The van der Waals surface area contributed by atoms with E-state index in [0.29, 0.717) is 17.1 Å². The highest BCUT2D eigenvalue weighted by molar-refractivity contribution is 5.92. The molecule has 27 heavy (non-hydrogen) atoms. The first-order valence-electron chi connectivity index (χ1n) is 9.00. The number of benzene rings is 1. The highest BCUT2D eigenvalue weighted by Crippen LogP contribution is 2.35. The number of nitrogens with one attached hydrogen (secondary N) is 1. The van der Waals surface area contributed by atoms with Crippen LogP contribution in [0.25, 0.3) is 11.1 Å². The summed E-state index contributed by atoms with van der Waals surface area (Å²) in [5.41, 5.74) is 3.64. The molecule has 6 heteroatoms. The fraction of sp³-hybridized carbons (Fsp3) is 0.286. The summed E-state index contributed by atoms with van der Waals surface area (Å²) in [5.74, 6) is 1.24. The molecule has 2 aromatic heterocycles. The molecule has 0 bridgehead atoms. The molecular formula is C21H23FN4O. The highest BCUT2D eigenvalue weighted by Gasteiger charge is 2.20. The van der Waals surface area contributed by atoms with E-state index in [0.717, 1.165) is 35.3 Å². The fourth-order valence-electron chi connectivity index (χ4n) is 3.19. The number of halogens is 1. The maximum Gasteiger partial charge on any atom is 0.152 e. The van der Waals surface area contributed by atoms with Crippen LogP contribution in [0.5, 0.6) is 0 Å². The summed E-state index contributed by atoms with van der Waals surface area (Å²) in [4.78, 5) is 16.7. The Morgan fingerprint density at radius 1 is 1.22 bits per heavy atom. The zero-order valence-corrected chi connectivity index (χ0v) is 16.0. The van der Waals surface area contributed by atoms with Gasteiger partial charge in [0.25, 0.3) is 0 Å². The Morgan fingerprint density at radius 3 is 2.52 bits per heavy atom. The van der Waals surface area contributed by atoms with Gasteiger partial charge in [0.1, 0.15) is 17.5 Å². The van der Waals surface area contributed by atoms with E-state index >= 15 is 0 Å². The van der Waals surface area contributed by atoms with Crippen LogP contribution in [0.1, 0.15) is 48.3 Å². The monoisotopic (exact) mass is 366 g/mol. The van der Waals surface area contributed by atoms with Gasteiger partial charge in [0, 0.05) is 29.3 Å². The SMILES string of the molecule is CCn1nccc1Nc1nc(C(C)C)c(C=O)c(-c2ccc(F)cc2)c1C. The smallest absolute Gasteiger partial charge is 0.152 e. The minimum absolute atomic E-state index is 0.0571. The Bertz CT molecular complexity index is 961. The lowest BCUT2D eigenvalue weighted by Crippen LogP contribution is -2.10. The minimum atomic E-state index is -0.313. The quantitative estimate of drug-likeness (QED) is 0.617. The molecule has 1 N–H and O–H groups in total. The summed E-state index contributed by atoms with van der Waals surface area (Å²) in [6.45, 7) is 8.65. The van der Waals surface area contributed by atoms with Crippen LogP contribution in [0.15, 0.2) is 36.5 Å². The molecule has 0 saturated carbocycles. The van der Waals surface area contributed by atoms with Crippen molar-refractivity contribution in [1.82, 2.24) is 14.8 Å². The standard InChI is InChI=1S/C21H23FN4O/c1-5-26-18(10-11-23-26)24-21-14(4)19(15-6-8-16(22)9-7-15)17(12-27)20(25-21)13(2)3/h6-13H,5H2,1-4H3,(H,24,25). The Labute approximate surface area is 158 Å². The van der Waals surface area contributed by atoms with Gasteiger partial charge in [-0.1, -0.05) is 26.0 Å². The van der Waals surface area contributed by atoms with Gasteiger partial charge < -0.3 is 5.32 Å². The van der Waals surface area contributed by atoms with Gasteiger partial charge in [0.15, 0.2) is 6.29 Å². The number of aldehydes is 1. The van der Waals surface area contributed by atoms with E-state index in [1.54, 1.807) is 18.3 Å². The first-order chi connectivity index (χ1) is 13.0. The lowest BCUT2D eigenvalue weighted by molar-refractivity contribution is 0.112. The molecule has 1 aromatic carbocycles.